The van der Waals surface area contributed by atoms with Gasteiger partial charge in [0.15, 0.2) is 0 Å². The molecular weight excluding hydrogens is 170 g/mol. The van der Waals surface area contributed by atoms with Crippen LogP contribution in [0.15, 0.2) is 23.2 Å². The number of benzene rings is 1. The molecule has 0 fully saturated rings. The second kappa shape index (κ2) is 3.23. The minimum Gasteiger partial charge on any atom is -0.292 e. The minimum atomic E-state index is 0.254. The van der Waals surface area contributed by atoms with Gasteiger partial charge < -0.3 is 0 Å². The zero-order valence-corrected chi connectivity index (χ0v) is 9.17. The molecule has 0 aromatic heterocycles. The summed E-state index contributed by atoms with van der Waals surface area (Å²) in [5.41, 5.74) is 4.42. The highest BCUT2D eigenvalue weighted by molar-refractivity contribution is 5.83. The summed E-state index contributed by atoms with van der Waals surface area (Å²) in [4.78, 5) is 4.29. The number of fused-ring (bicyclic) bond motifs is 1. The summed E-state index contributed by atoms with van der Waals surface area (Å²) in [7, 11) is 0. The number of aliphatic imine (C=N–C) groups is 1. The van der Waals surface area contributed by atoms with Gasteiger partial charge >= 0.3 is 0 Å². The average molecular weight is 187 g/mol. The summed E-state index contributed by atoms with van der Waals surface area (Å²) < 4.78 is 0. The van der Waals surface area contributed by atoms with E-state index in [0.29, 0.717) is 0 Å². The lowest BCUT2D eigenvalue weighted by molar-refractivity contribution is 0.589. The summed E-state index contributed by atoms with van der Waals surface area (Å²) in [6.45, 7) is 7.71. The lowest BCUT2D eigenvalue weighted by atomic mass is 9.84. The maximum atomic E-state index is 4.29. The third-order valence-corrected chi connectivity index (χ3v) is 2.75. The first-order chi connectivity index (χ1) is 6.57. The molecular formula is C13H17N. The summed E-state index contributed by atoms with van der Waals surface area (Å²) in [5.74, 6) is 0. The second-order valence-electron chi connectivity index (χ2n) is 4.95. The van der Waals surface area contributed by atoms with E-state index >= 15 is 0 Å². The molecule has 0 unspecified atom stereocenters. The van der Waals surface area contributed by atoms with Crippen molar-refractivity contribution in [3.8, 4) is 0 Å². The van der Waals surface area contributed by atoms with Crippen LogP contribution in [0, 0.1) is 0 Å². The van der Waals surface area contributed by atoms with Gasteiger partial charge in [-0.25, -0.2) is 0 Å². The maximum absolute atomic E-state index is 4.29. The van der Waals surface area contributed by atoms with E-state index in [1.54, 1.807) is 0 Å². The Morgan fingerprint density at radius 3 is 2.71 bits per heavy atom. The van der Waals surface area contributed by atoms with E-state index in [4.69, 9.17) is 0 Å². The highest BCUT2D eigenvalue weighted by Gasteiger charge is 2.15. The van der Waals surface area contributed by atoms with Gasteiger partial charge in [0.1, 0.15) is 0 Å². The van der Waals surface area contributed by atoms with Gasteiger partial charge in [0, 0.05) is 12.8 Å². The normalized spacial score (nSPS) is 15.4. The van der Waals surface area contributed by atoms with Crippen molar-refractivity contribution in [1.82, 2.24) is 0 Å². The highest BCUT2D eigenvalue weighted by Crippen LogP contribution is 2.25. The molecule has 1 heterocycles. The predicted molar refractivity (Wildman–Crippen MR) is 61.3 cm³/mol. The molecule has 1 nitrogen and oxygen atoms in total. The summed E-state index contributed by atoms with van der Waals surface area (Å²) in [6.07, 6.45) is 3.08. The van der Waals surface area contributed by atoms with Crippen molar-refractivity contribution >= 4 is 6.21 Å². The Kier molecular flexibility index (Phi) is 2.18. The Bertz CT molecular complexity index is 369. The fourth-order valence-electron chi connectivity index (χ4n) is 1.76. The lowest BCUT2D eigenvalue weighted by Crippen LogP contribution is -2.13. The fourth-order valence-corrected chi connectivity index (χ4v) is 1.76. The topological polar surface area (TPSA) is 12.4 Å². The fraction of sp³-hybridized carbons (Fsp3) is 0.462. The summed E-state index contributed by atoms with van der Waals surface area (Å²) in [6, 6.07) is 6.75. The molecule has 0 spiro atoms. The van der Waals surface area contributed by atoms with E-state index in [2.05, 4.69) is 44.0 Å². The van der Waals surface area contributed by atoms with Gasteiger partial charge in [-0.1, -0.05) is 39.0 Å². The monoisotopic (exact) mass is 187 g/mol. The van der Waals surface area contributed by atoms with E-state index < -0.39 is 0 Å². The first kappa shape index (κ1) is 9.45. The first-order valence-corrected chi connectivity index (χ1v) is 5.20. The van der Waals surface area contributed by atoms with Crippen molar-refractivity contribution in [3.63, 3.8) is 0 Å². The van der Waals surface area contributed by atoms with E-state index in [0.717, 1.165) is 13.0 Å². The summed E-state index contributed by atoms with van der Waals surface area (Å²) in [5, 5.41) is 0. The molecule has 2 rings (SSSR count). The first-order valence-electron chi connectivity index (χ1n) is 5.20. The Hall–Kier alpha value is -1.11. The predicted octanol–water partition coefficient (Wildman–Crippen LogP) is 2.96. The molecule has 1 heteroatoms. The van der Waals surface area contributed by atoms with Crippen LogP contribution in [-0.2, 0) is 11.8 Å². The van der Waals surface area contributed by atoms with E-state index in [9.17, 15) is 0 Å². The molecule has 0 aliphatic carbocycles. The Labute approximate surface area is 85.9 Å². The molecule has 0 amide bonds. The summed E-state index contributed by atoms with van der Waals surface area (Å²) >= 11 is 0. The standard InChI is InChI=1S/C13H17N/c1-13(2,3)12-5-4-11-9-14-7-6-10(11)8-12/h4-5,8-9H,6-7H2,1-3H3. The number of rotatable bonds is 0. The van der Waals surface area contributed by atoms with Crippen LogP contribution in [0.1, 0.15) is 37.5 Å². The van der Waals surface area contributed by atoms with Crippen molar-refractivity contribution in [2.45, 2.75) is 32.6 Å². The van der Waals surface area contributed by atoms with Crippen LogP contribution >= 0.6 is 0 Å². The molecule has 0 atom stereocenters. The van der Waals surface area contributed by atoms with E-state index in [1.165, 1.54) is 16.7 Å². The van der Waals surface area contributed by atoms with Gasteiger partial charge in [0.25, 0.3) is 0 Å². The van der Waals surface area contributed by atoms with Crippen molar-refractivity contribution in [3.05, 3.63) is 34.9 Å². The molecule has 0 saturated heterocycles. The van der Waals surface area contributed by atoms with Gasteiger partial charge in [0.05, 0.1) is 0 Å². The number of nitrogens with zero attached hydrogens (tertiary/aromatic N) is 1. The third-order valence-electron chi connectivity index (χ3n) is 2.75. The van der Waals surface area contributed by atoms with Gasteiger partial charge in [-0.2, -0.15) is 0 Å². The van der Waals surface area contributed by atoms with E-state index in [1.807, 2.05) is 6.21 Å². The van der Waals surface area contributed by atoms with Gasteiger partial charge in [0.2, 0.25) is 0 Å². The molecule has 74 valence electrons. The van der Waals surface area contributed by atoms with Crippen LogP contribution < -0.4 is 0 Å². The number of hydrogen-bond donors (Lipinski definition) is 0. The van der Waals surface area contributed by atoms with Crippen LogP contribution in [0.25, 0.3) is 0 Å². The lowest BCUT2D eigenvalue weighted by Gasteiger charge is -2.21. The van der Waals surface area contributed by atoms with Crippen molar-refractivity contribution in [2.24, 2.45) is 4.99 Å². The maximum Gasteiger partial charge on any atom is 0.0430 e. The quantitative estimate of drug-likeness (QED) is 0.592. The van der Waals surface area contributed by atoms with Crippen molar-refractivity contribution < 1.29 is 0 Å². The third kappa shape index (κ3) is 1.72. The zero-order chi connectivity index (χ0) is 10.2. The van der Waals surface area contributed by atoms with Crippen molar-refractivity contribution in [1.29, 1.82) is 0 Å². The molecule has 1 aliphatic rings. The van der Waals surface area contributed by atoms with Crippen LogP contribution in [0.2, 0.25) is 0 Å². The highest BCUT2D eigenvalue weighted by atomic mass is 14.7. The van der Waals surface area contributed by atoms with Gasteiger partial charge in [-0.3, -0.25) is 4.99 Å². The minimum absolute atomic E-state index is 0.254. The largest absolute Gasteiger partial charge is 0.292 e. The van der Waals surface area contributed by atoms with E-state index in [-0.39, 0.29) is 5.41 Å². The molecule has 0 radical (unpaired) electrons. The molecule has 0 N–H and O–H groups in total. The molecule has 1 aromatic rings. The molecule has 0 bridgehead atoms. The smallest absolute Gasteiger partial charge is 0.0430 e. The van der Waals surface area contributed by atoms with Crippen LogP contribution in [0.3, 0.4) is 0 Å². The SMILES string of the molecule is CC(C)(C)c1ccc2c(c1)CCN=C2. The Morgan fingerprint density at radius 2 is 2.00 bits per heavy atom. The molecule has 1 aliphatic heterocycles. The van der Waals surface area contributed by atoms with Gasteiger partial charge in [-0.05, 0) is 28.5 Å². The number of hydrogen-bond acceptors (Lipinski definition) is 1. The van der Waals surface area contributed by atoms with Crippen LogP contribution in [0.4, 0.5) is 0 Å². The zero-order valence-electron chi connectivity index (χ0n) is 9.17. The Morgan fingerprint density at radius 1 is 1.21 bits per heavy atom. The average Bonchev–Trinajstić information content (AvgIpc) is 2.16. The molecule has 14 heavy (non-hydrogen) atoms. The molecule has 0 saturated carbocycles. The van der Waals surface area contributed by atoms with Crippen LogP contribution in [-0.4, -0.2) is 12.8 Å². The Balaban J connectivity index is 2.45. The van der Waals surface area contributed by atoms with Gasteiger partial charge in [-0.15, -0.1) is 0 Å². The molecule has 1 aromatic carbocycles. The van der Waals surface area contributed by atoms with Crippen molar-refractivity contribution in [2.75, 3.05) is 6.54 Å². The second-order valence-corrected chi connectivity index (χ2v) is 4.95. The van der Waals surface area contributed by atoms with Crippen LogP contribution in [0.5, 0.6) is 0 Å².